The maximum atomic E-state index is 12.5. The minimum absolute atomic E-state index is 0.172. The molecule has 2 nitrogen and oxygen atoms in total. The molecule has 2 heteroatoms. The number of Topliss-reactive ketones (excluding diaryl/α,β-unsaturated/α-hetero) is 1. The third kappa shape index (κ3) is 4.24. The van der Waals surface area contributed by atoms with E-state index >= 15 is 0 Å². The van der Waals surface area contributed by atoms with E-state index in [-0.39, 0.29) is 5.78 Å². The van der Waals surface area contributed by atoms with E-state index < -0.39 is 0 Å². The molecular formula is C25H20O2. The van der Waals surface area contributed by atoms with Gasteiger partial charge in [0.15, 0.2) is 5.78 Å². The molecule has 0 aromatic heterocycles. The van der Waals surface area contributed by atoms with Gasteiger partial charge >= 0.3 is 0 Å². The maximum Gasteiger partial charge on any atom is 0.163 e. The smallest absolute Gasteiger partial charge is 0.163 e. The largest absolute Gasteiger partial charge is 0.457 e. The van der Waals surface area contributed by atoms with E-state index in [4.69, 9.17) is 4.74 Å². The fraction of sp³-hybridized carbons (Fsp3) is 0.0800. The molecule has 0 aliphatic carbocycles. The van der Waals surface area contributed by atoms with E-state index in [0.717, 1.165) is 39.8 Å². The van der Waals surface area contributed by atoms with Gasteiger partial charge in [0.2, 0.25) is 0 Å². The van der Waals surface area contributed by atoms with E-state index in [1.54, 1.807) is 0 Å². The van der Waals surface area contributed by atoms with Gasteiger partial charge in [0.25, 0.3) is 0 Å². The van der Waals surface area contributed by atoms with E-state index in [9.17, 15) is 4.79 Å². The zero-order valence-electron chi connectivity index (χ0n) is 15.0. The summed E-state index contributed by atoms with van der Waals surface area (Å²) in [5.41, 5.74) is 1.90. The molecule has 0 saturated heterocycles. The van der Waals surface area contributed by atoms with Crippen LogP contribution in [-0.4, -0.2) is 5.78 Å². The first-order valence-electron chi connectivity index (χ1n) is 9.12. The van der Waals surface area contributed by atoms with Crippen LogP contribution in [0.15, 0.2) is 97.1 Å². The number of ether oxygens (including phenoxy) is 1. The Labute approximate surface area is 159 Å². The lowest BCUT2D eigenvalue weighted by Gasteiger charge is -2.07. The van der Waals surface area contributed by atoms with Crippen molar-refractivity contribution in [3.63, 3.8) is 0 Å². The minimum Gasteiger partial charge on any atom is -0.457 e. The third-order valence-electron chi connectivity index (χ3n) is 4.61. The summed E-state index contributed by atoms with van der Waals surface area (Å²) in [4.78, 5) is 12.5. The third-order valence-corrected chi connectivity index (χ3v) is 4.61. The summed E-state index contributed by atoms with van der Waals surface area (Å²) < 4.78 is 5.80. The van der Waals surface area contributed by atoms with E-state index in [2.05, 4.69) is 6.07 Å². The zero-order valence-corrected chi connectivity index (χ0v) is 15.0. The lowest BCUT2D eigenvalue weighted by molar-refractivity contribution is 0.0983. The van der Waals surface area contributed by atoms with Crippen LogP contribution in [-0.2, 0) is 6.42 Å². The molecule has 0 N–H and O–H groups in total. The summed E-state index contributed by atoms with van der Waals surface area (Å²) in [5.74, 6) is 1.79. The standard InChI is InChI=1S/C25H20O2/c26-25(22-14-13-20-6-4-5-7-21(20)18-22)17-12-19-10-15-24(16-11-19)27-23-8-2-1-3-9-23/h1-11,13-16,18H,12,17H2. The summed E-state index contributed by atoms with van der Waals surface area (Å²) in [6, 6.07) is 31.7. The van der Waals surface area contributed by atoms with Gasteiger partial charge in [0, 0.05) is 12.0 Å². The van der Waals surface area contributed by atoms with Crippen molar-refractivity contribution >= 4 is 16.6 Å². The van der Waals surface area contributed by atoms with Crippen LogP contribution in [0.2, 0.25) is 0 Å². The van der Waals surface area contributed by atoms with E-state index in [1.807, 2.05) is 91.0 Å². The number of para-hydroxylation sites is 1. The average Bonchev–Trinajstić information content (AvgIpc) is 2.73. The maximum absolute atomic E-state index is 12.5. The van der Waals surface area contributed by atoms with Crippen LogP contribution in [0.5, 0.6) is 11.5 Å². The highest BCUT2D eigenvalue weighted by molar-refractivity contribution is 6.00. The number of hydrogen-bond acceptors (Lipinski definition) is 2. The molecule has 4 aromatic rings. The average molecular weight is 352 g/mol. The molecule has 0 amide bonds. The SMILES string of the molecule is O=C(CCc1ccc(Oc2ccccc2)cc1)c1ccc2ccccc2c1. The number of hydrogen-bond donors (Lipinski definition) is 0. The van der Waals surface area contributed by atoms with E-state index in [0.29, 0.717) is 6.42 Å². The van der Waals surface area contributed by atoms with Crippen molar-refractivity contribution in [2.45, 2.75) is 12.8 Å². The van der Waals surface area contributed by atoms with Crippen LogP contribution < -0.4 is 4.74 Å². The Kier molecular flexibility index (Phi) is 4.97. The molecule has 0 aliphatic heterocycles. The highest BCUT2D eigenvalue weighted by Crippen LogP contribution is 2.22. The fourth-order valence-electron chi connectivity index (χ4n) is 3.11. The molecule has 132 valence electrons. The van der Waals surface area contributed by atoms with Crippen LogP contribution in [0.25, 0.3) is 10.8 Å². The van der Waals surface area contributed by atoms with Gasteiger partial charge in [-0.2, -0.15) is 0 Å². The fourth-order valence-corrected chi connectivity index (χ4v) is 3.11. The number of ketones is 1. The van der Waals surface area contributed by atoms with Gasteiger partial charge in [0.05, 0.1) is 0 Å². The molecule has 0 aliphatic rings. The van der Waals surface area contributed by atoms with Crippen LogP contribution in [0, 0.1) is 0 Å². The van der Waals surface area contributed by atoms with Gasteiger partial charge in [-0.1, -0.05) is 66.7 Å². The number of carbonyl (C=O) groups excluding carboxylic acids is 1. The van der Waals surface area contributed by atoms with Crippen LogP contribution in [0.1, 0.15) is 22.3 Å². The second-order valence-corrected chi connectivity index (χ2v) is 6.54. The molecule has 0 radical (unpaired) electrons. The lowest BCUT2D eigenvalue weighted by atomic mass is 10.00. The van der Waals surface area contributed by atoms with Crippen molar-refractivity contribution in [3.05, 3.63) is 108 Å². The molecule has 0 fully saturated rings. The van der Waals surface area contributed by atoms with Gasteiger partial charge in [-0.05, 0) is 53.1 Å². The van der Waals surface area contributed by atoms with Crippen LogP contribution >= 0.6 is 0 Å². The van der Waals surface area contributed by atoms with Crippen molar-refractivity contribution < 1.29 is 9.53 Å². The van der Waals surface area contributed by atoms with Gasteiger partial charge in [-0.3, -0.25) is 4.79 Å². The minimum atomic E-state index is 0.172. The predicted molar refractivity (Wildman–Crippen MR) is 110 cm³/mol. The number of rotatable bonds is 6. The molecule has 0 saturated carbocycles. The molecule has 4 aromatic carbocycles. The Balaban J connectivity index is 1.38. The van der Waals surface area contributed by atoms with Crippen LogP contribution in [0.3, 0.4) is 0 Å². The second-order valence-electron chi connectivity index (χ2n) is 6.54. The molecule has 27 heavy (non-hydrogen) atoms. The monoisotopic (exact) mass is 352 g/mol. The molecule has 0 heterocycles. The topological polar surface area (TPSA) is 26.3 Å². The molecule has 0 atom stereocenters. The molecule has 0 unspecified atom stereocenters. The first kappa shape index (κ1) is 17.0. The molecule has 0 spiro atoms. The number of fused-ring (bicyclic) bond motifs is 1. The summed E-state index contributed by atoms with van der Waals surface area (Å²) in [6.07, 6.45) is 1.22. The Morgan fingerprint density at radius 1 is 0.667 bits per heavy atom. The van der Waals surface area contributed by atoms with Gasteiger partial charge in [-0.25, -0.2) is 0 Å². The molecule has 4 rings (SSSR count). The Hall–Kier alpha value is -3.39. The normalized spacial score (nSPS) is 10.7. The van der Waals surface area contributed by atoms with Crippen molar-refractivity contribution in [1.82, 2.24) is 0 Å². The Morgan fingerprint density at radius 3 is 2.11 bits per heavy atom. The van der Waals surface area contributed by atoms with Crippen LogP contribution in [0.4, 0.5) is 0 Å². The van der Waals surface area contributed by atoms with Crippen molar-refractivity contribution in [2.24, 2.45) is 0 Å². The highest BCUT2D eigenvalue weighted by atomic mass is 16.5. The predicted octanol–water partition coefficient (Wildman–Crippen LogP) is 6.45. The number of carbonyl (C=O) groups is 1. The number of aryl methyl sites for hydroxylation is 1. The quantitative estimate of drug-likeness (QED) is 0.373. The van der Waals surface area contributed by atoms with Gasteiger partial charge in [0.1, 0.15) is 11.5 Å². The van der Waals surface area contributed by atoms with Crippen molar-refractivity contribution in [2.75, 3.05) is 0 Å². The number of benzene rings is 4. The summed E-state index contributed by atoms with van der Waals surface area (Å²) in [5, 5.41) is 2.26. The second kappa shape index (κ2) is 7.88. The van der Waals surface area contributed by atoms with Crippen molar-refractivity contribution in [3.8, 4) is 11.5 Å². The molecular weight excluding hydrogens is 332 g/mol. The Bertz CT molecular complexity index is 1050. The molecule has 0 bridgehead atoms. The van der Waals surface area contributed by atoms with Gasteiger partial charge < -0.3 is 4.74 Å². The summed E-state index contributed by atoms with van der Waals surface area (Å²) >= 11 is 0. The lowest BCUT2D eigenvalue weighted by Crippen LogP contribution is -2.01. The zero-order chi connectivity index (χ0) is 18.5. The Morgan fingerprint density at radius 2 is 1.33 bits per heavy atom. The summed E-state index contributed by atoms with van der Waals surface area (Å²) in [7, 11) is 0. The van der Waals surface area contributed by atoms with Crippen molar-refractivity contribution in [1.29, 1.82) is 0 Å². The first-order chi connectivity index (χ1) is 13.3. The first-order valence-corrected chi connectivity index (χ1v) is 9.12. The summed E-state index contributed by atoms with van der Waals surface area (Å²) in [6.45, 7) is 0. The highest BCUT2D eigenvalue weighted by Gasteiger charge is 2.07. The van der Waals surface area contributed by atoms with E-state index in [1.165, 1.54) is 0 Å². The van der Waals surface area contributed by atoms with Gasteiger partial charge in [-0.15, -0.1) is 0 Å².